The standard InChI is InChI=1S/C16H13NO3S/c18-21(19,20)16-14-9-5-4-6-12(14)10-11-15(16)17-13-7-2-1-3-8-13/h1-11,17H,(H,18,19,20)/p-1. The van der Waals surface area contributed by atoms with E-state index < -0.39 is 10.1 Å². The third-order valence-electron chi connectivity index (χ3n) is 3.18. The van der Waals surface area contributed by atoms with Crippen molar-refractivity contribution < 1.29 is 13.0 Å². The smallest absolute Gasteiger partial charge is 0.127 e. The number of benzene rings is 3. The van der Waals surface area contributed by atoms with E-state index in [1.54, 1.807) is 48.5 Å². The van der Waals surface area contributed by atoms with Gasteiger partial charge in [0.1, 0.15) is 10.1 Å². The summed E-state index contributed by atoms with van der Waals surface area (Å²) in [7, 11) is -4.59. The number of fused-ring (bicyclic) bond motifs is 1. The van der Waals surface area contributed by atoms with Crippen LogP contribution in [0.2, 0.25) is 0 Å². The molecule has 0 heterocycles. The molecule has 3 aromatic rings. The number of hydrogen-bond acceptors (Lipinski definition) is 4. The molecule has 0 aliphatic rings. The fourth-order valence-electron chi connectivity index (χ4n) is 2.29. The average Bonchev–Trinajstić information content (AvgIpc) is 2.47. The fourth-order valence-corrected chi connectivity index (χ4v) is 3.13. The molecule has 106 valence electrons. The minimum atomic E-state index is -4.59. The zero-order valence-corrected chi connectivity index (χ0v) is 11.8. The second-order valence-electron chi connectivity index (χ2n) is 4.61. The zero-order chi connectivity index (χ0) is 14.9. The summed E-state index contributed by atoms with van der Waals surface area (Å²) in [6, 6.07) is 19.4. The first-order valence-corrected chi connectivity index (χ1v) is 7.76. The summed E-state index contributed by atoms with van der Waals surface area (Å²) in [6.45, 7) is 0. The van der Waals surface area contributed by atoms with Crippen LogP contribution >= 0.6 is 0 Å². The number of anilines is 2. The van der Waals surface area contributed by atoms with E-state index in [2.05, 4.69) is 5.32 Å². The van der Waals surface area contributed by atoms with Gasteiger partial charge in [0, 0.05) is 11.1 Å². The molecule has 4 nitrogen and oxygen atoms in total. The third-order valence-corrected chi connectivity index (χ3v) is 4.12. The first-order valence-electron chi connectivity index (χ1n) is 6.35. The normalized spacial score (nSPS) is 11.5. The Hall–Kier alpha value is -2.37. The quantitative estimate of drug-likeness (QED) is 0.751. The van der Waals surface area contributed by atoms with Crippen molar-refractivity contribution in [1.82, 2.24) is 0 Å². The Balaban J connectivity index is 2.23. The predicted octanol–water partition coefficient (Wildman–Crippen LogP) is 3.49. The molecule has 0 radical (unpaired) electrons. The van der Waals surface area contributed by atoms with E-state index in [1.165, 1.54) is 0 Å². The maximum Gasteiger partial charge on any atom is 0.127 e. The van der Waals surface area contributed by atoms with Gasteiger partial charge in [-0.15, -0.1) is 0 Å². The lowest BCUT2D eigenvalue weighted by Gasteiger charge is -2.17. The van der Waals surface area contributed by atoms with Gasteiger partial charge in [0.2, 0.25) is 0 Å². The van der Waals surface area contributed by atoms with Crippen LogP contribution < -0.4 is 5.32 Å². The van der Waals surface area contributed by atoms with E-state index in [4.69, 9.17) is 0 Å². The monoisotopic (exact) mass is 298 g/mol. The average molecular weight is 298 g/mol. The van der Waals surface area contributed by atoms with Crippen LogP contribution in [0.15, 0.2) is 71.6 Å². The molecule has 0 unspecified atom stereocenters. The van der Waals surface area contributed by atoms with Gasteiger partial charge < -0.3 is 9.87 Å². The molecule has 0 fully saturated rings. The SMILES string of the molecule is O=S(=O)([O-])c1c(Nc2ccccc2)ccc2ccccc12. The van der Waals surface area contributed by atoms with Gasteiger partial charge in [0.05, 0.1) is 10.6 Å². The van der Waals surface area contributed by atoms with Gasteiger partial charge in [-0.25, -0.2) is 8.42 Å². The van der Waals surface area contributed by atoms with E-state index in [0.717, 1.165) is 5.69 Å². The first-order chi connectivity index (χ1) is 10.1. The Morgan fingerprint density at radius 1 is 0.810 bits per heavy atom. The Morgan fingerprint density at radius 3 is 2.19 bits per heavy atom. The molecule has 0 aromatic heterocycles. The van der Waals surface area contributed by atoms with E-state index in [0.29, 0.717) is 10.8 Å². The molecule has 0 saturated heterocycles. The molecule has 1 N–H and O–H groups in total. The Bertz CT molecular complexity index is 890. The predicted molar refractivity (Wildman–Crippen MR) is 81.6 cm³/mol. The molecule has 0 atom stereocenters. The molecule has 21 heavy (non-hydrogen) atoms. The summed E-state index contributed by atoms with van der Waals surface area (Å²) in [5, 5.41) is 4.13. The van der Waals surface area contributed by atoms with Crippen molar-refractivity contribution in [2.24, 2.45) is 0 Å². The van der Waals surface area contributed by atoms with Crippen molar-refractivity contribution in [3.8, 4) is 0 Å². The van der Waals surface area contributed by atoms with Gasteiger partial charge in [-0.05, 0) is 23.6 Å². The summed E-state index contributed by atoms with van der Waals surface area (Å²) >= 11 is 0. The lowest BCUT2D eigenvalue weighted by Crippen LogP contribution is -2.04. The van der Waals surface area contributed by atoms with E-state index in [-0.39, 0.29) is 10.6 Å². The number of para-hydroxylation sites is 1. The van der Waals surface area contributed by atoms with Gasteiger partial charge in [-0.3, -0.25) is 0 Å². The first kappa shape index (κ1) is 13.6. The van der Waals surface area contributed by atoms with Crippen molar-refractivity contribution >= 4 is 32.3 Å². The van der Waals surface area contributed by atoms with Gasteiger partial charge in [-0.2, -0.15) is 0 Å². The minimum Gasteiger partial charge on any atom is -0.744 e. The van der Waals surface area contributed by atoms with Gasteiger partial charge in [0.25, 0.3) is 0 Å². The van der Waals surface area contributed by atoms with Crippen LogP contribution in [0.4, 0.5) is 11.4 Å². The Kier molecular flexibility index (Phi) is 3.37. The number of nitrogens with one attached hydrogen (secondary N) is 1. The highest BCUT2D eigenvalue weighted by atomic mass is 32.2. The summed E-state index contributed by atoms with van der Waals surface area (Å²) < 4.78 is 35.0. The summed E-state index contributed by atoms with van der Waals surface area (Å²) in [5.74, 6) is 0. The number of hydrogen-bond donors (Lipinski definition) is 1. The van der Waals surface area contributed by atoms with Crippen molar-refractivity contribution in [2.75, 3.05) is 5.32 Å². The van der Waals surface area contributed by atoms with Crippen LogP contribution in [-0.2, 0) is 10.1 Å². The van der Waals surface area contributed by atoms with Crippen molar-refractivity contribution in [2.45, 2.75) is 4.90 Å². The van der Waals surface area contributed by atoms with Crippen molar-refractivity contribution in [3.63, 3.8) is 0 Å². The summed E-state index contributed by atoms with van der Waals surface area (Å²) in [4.78, 5) is -0.218. The topological polar surface area (TPSA) is 69.2 Å². The van der Waals surface area contributed by atoms with Gasteiger partial charge >= 0.3 is 0 Å². The minimum absolute atomic E-state index is 0.218. The van der Waals surface area contributed by atoms with Crippen molar-refractivity contribution in [1.29, 1.82) is 0 Å². The lowest BCUT2D eigenvalue weighted by molar-refractivity contribution is 0.464. The molecule has 0 saturated carbocycles. The third kappa shape index (κ3) is 2.74. The van der Waals surface area contributed by atoms with Gasteiger partial charge in [0.15, 0.2) is 0 Å². The van der Waals surface area contributed by atoms with Crippen LogP contribution in [0, 0.1) is 0 Å². The van der Waals surface area contributed by atoms with Crippen LogP contribution in [0.25, 0.3) is 10.8 Å². The Morgan fingerprint density at radius 2 is 1.48 bits per heavy atom. The highest BCUT2D eigenvalue weighted by Crippen LogP contribution is 2.32. The maximum absolute atomic E-state index is 11.7. The van der Waals surface area contributed by atoms with Crippen LogP contribution in [-0.4, -0.2) is 13.0 Å². The summed E-state index contributed by atoms with van der Waals surface area (Å²) in [5.41, 5.74) is 1.01. The van der Waals surface area contributed by atoms with Crippen molar-refractivity contribution in [3.05, 3.63) is 66.7 Å². The lowest BCUT2D eigenvalue weighted by atomic mass is 10.1. The van der Waals surface area contributed by atoms with Gasteiger partial charge in [-0.1, -0.05) is 48.5 Å². The highest BCUT2D eigenvalue weighted by Gasteiger charge is 2.13. The Labute approximate surface area is 122 Å². The molecule has 0 bridgehead atoms. The van der Waals surface area contributed by atoms with E-state index in [1.807, 2.05) is 18.2 Å². The molecule has 0 aliphatic heterocycles. The van der Waals surface area contributed by atoms with E-state index >= 15 is 0 Å². The second-order valence-corrected chi connectivity index (χ2v) is 5.93. The fraction of sp³-hybridized carbons (Fsp3) is 0. The molecule has 5 heteroatoms. The second kappa shape index (κ2) is 5.20. The molecule has 0 spiro atoms. The van der Waals surface area contributed by atoms with Crippen LogP contribution in [0.1, 0.15) is 0 Å². The largest absolute Gasteiger partial charge is 0.744 e. The van der Waals surface area contributed by atoms with Crippen LogP contribution in [0.5, 0.6) is 0 Å². The zero-order valence-electron chi connectivity index (χ0n) is 11.0. The molecular formula is C16H12NO3S-. The molecule has 0 amide bonds. The van der Waals surface area contributed by atoms with E-state index in [9.17, 15) is 13.0 Å². The number of rotatable bonds is 3. The molecular weight excluding hydrogens is 286 g/mol. The molecule has 3 rings (SSSR count). The molecule has 0 aliphatic carbocycles. The highest BCUT2D eigenvalue weighted by molar-refractivity contribution is 7.86. The maximum atomic E-state index is 11.7. The van der Waals surface area contributed by atoms with Crippen LogP contribution in [0.3, 0.4) is 0 Å². The molecule has 3 aromatic carbocycles. The summed E-state index contributed by atoms with van der Waals surface area (Å²) in [6.07, 6.45) is 0.